The van der Waals surface area contributed by atoms with Gasteiger partial charge in [-0.3, -0.25) is 4.90 Å². The van der Waals surface area contributed by atoms with Crippen LogP contribution in [0.25, 0.3) is 11.6 Å². The fraction of sp³-hybridized carbons (Fsp3) is 0.571. The van der Waals surface area contributed by atoms with E-state index < -0.39 is 0 Å². The van der Waals surface area contributed by atoms with Crippen LogP contribution in [-0.2, 0) is 6.54 Å². The summed E-state index contributed by atoms with van der Waals surface area (Å²) in [5.41, 5.74) is 5.85. The van der Waals surface area contributed by atoms with Gasteiger partial charge in [-0.1, -0.05) is 25.9 Å². The van der Waals surface area contributed by atoms with Gasteiger partial charge in [-0.15, -0.1) is 0 Å². The van der Waals surface area contributed by atoms with E-state index in [2.05, 4.69) is 35.8 Å². The molecule has 0 aromatic carbocycles. The van der Waals surface area contributed by atoms with Gasteiger partial charge in [0.05, 0.1) is 12.8 Å². The molecule has 20 heavy (non-hydrogen) atoms. The van der Waals surface area contributed by atoms with Gasteiger partial charge in [0.2, 0.25) is 11.7 Å². The molecule has 0 saturated carbocycles. The first-order valence-electron chi connectivity index (χ1n) is 6.83. The van der Waals surface area contributed by atoms with Crippen LogP contribution >= 0.6 is 0 Å². The summed E-state index contributed by atoms with van der Waals surface area (Å²) in [4.78, 5) is 6.59. The number of nitrogens with two attached hydrogens (primary N) is 1. The van der Waals surface area contributed by atoms with Crippen molar-refractivity contribution in [2.45, 2.75) is 27.3 Å². The average molecular weight is 278 g/mol. The van der Waals surface area contributed by atoms with Crippen molar-refractivity contribution in [1.82, 2.24) is 15.0 Å². The Bertz CT molecular complexity index is 519. The van der Waals surface area contributed by atoms with E-state index >= 15 is 0 Å². The van der Waals surface area contributed by atoms with E-state index in [4.69, 9.17) is 14.7 Å². The molecule has 0 saturated heterocycles. The van der Waals surface area contributed by atoms with Crippen molar-refractivity contribution >= 4 is 0 Å². The standard InChI is InChI=1S/C14H22N4O2/c1-4-18(10-14(2,3)9-15)8-12-16-13(17-20-12)11-6-5-7-19-11/h5-7H,4,8-10,15H2,1-3H3. The van der Waals surface area contributed by atoms with Gasteiger partial charge in [-0.2, -0.15) is 4.98 Å². The zero-order valence-corrected chi connectivity index (χ0v) is 12.3. The molecule has 6 heteroatoms. The van der Waals surface area contributed by atoms with Gasteiger partial charge in [0.15, 0.2) is 5.76 Å². The Hall–Kier alpha value is -1.66. The van der Waals surface area contributed by atoms with E-state index in [1.807, 2.05) is 6.07 Å². The predicted octanol–water partition coefficient (Wildman–Crippen LogP) is 2.14. The van der Waals surface area contributed by atoms with Gasteiger partial charge in [0.25, 0.3) is 0 Å². The molecule has 110 valence electrons. The lowest BCUT2D eigenvalue weighted by Gasteiger charge is -2.29. The third kappa shape index (κ3) is 3.68. The van der Waals surface area contributed by atoms with Crippen LogP contribution < -0.4 is 5.73 Å². The van der Waals surface area contributed by atoms with E-state index in [1.165, 1.54) is 0 Å². The van der Waals surface area contributed by atoms with Gasteiger partial charge < -0.3 is 14.7 Å². The minimum absolute atomic E-state index is 0.0693. The zero-order chi connectivity index (χ0) is 14.6. The lowest BCUT2D eigenvalue weighted by molar-refractivity contribution is 0.165. The number of hydrogen-bond acceptors (Lipinski definition) is 6. The van der Waals surface area contributed by atoms with Gasteiger partial charge in [-0.25, -0.2) is 0 Å². The third-order valence-corrected chi connectivity index (χ3v) is 3.22. The van der Waals surface area contributed by atoms with Crippen LogP contribution in [0.3, 0.4) is 0 Å². The first-order chi connectivity index (χ1) is 9.54. The first-order valence-corrected chi connectivity index (χ1v) is 6.83. The number of hydrogen-bond donors (Lipinski definition) is 1. The summed E-state index contributed by atoms with van der Waals surface area (Å²) in [5.74, 6) is 1.69. The number of furan rings is 1. The van der Waals surface area contributed by atoms with Crippen molar-refractivity contribution in [1.29, 1.82) is 0 Å². The first kappa shape index (κ1) is 14.7. The van der Waals surface area contributed by atoms with Crippen LogP contribution in [0.2, 0.25) is 0 Å². The summed E-state index contributed by atoms with van der Waals surface area (Å²) in [6.45, 7) is 9.46. The highest BCUT2D eigenvalue weighted by Gasteiger charge is 2.21. The second-order valence-electron chi connectivity index (χ2n) is 5.66. The van der Waals surface area contributed by atoms with Crippen LogP contribution in [0.15, 0.2) is 27.3 Å². The lowest BCUT2D eigenvalue weighted by atomic mass is 9.93. The average Bonchev–Trinajstić information content (AvgIpc) is 3.08. The van der Waals surface area contributed by atoms with E-state index in [1.54, 1.807) is 12.3 Å². The Morgan fingerprint density at radius 1 is 1.40 bits per heavy atom. The monoisotopic (exact) mass is 278 g/mol. The molecular weight excluding hydrogens is 256 g/mol. The Kier molecular flexibility index (Phi) is 4.57. The number of aromatic nitrogens is 2. The molecule has 0 aliphatic rings. The van der Waals surface area contributed by atoms with Crippen molar-refractivity contribution in [3.8, 4) is 11.6 Å². The molecule has 2 aromatic rings. The summed E-state index contributed by atoms with van der Waals surface area (Å²) in [6, 6.07) is 3.61. The smallest absolute Gasteiger partial charge is 0.241 e. The van der Waals surface area contributed by atoms with Gasteiger partial charge in [0.1, 0.15) is 0 Å². The minimum atomic E-state index is 0.0693. The molecule has 0 aliphatic carbocycles. The molecule has 2 N–H and O–H groups in total. The summed E-state index contributed by atoms with van der Waals surface area (Å²) in [5, 5.41) is 3.93. The lowest BCUT2D eigenvalue weighted by Crippen LogP contribution is -2.38. The van der Waals surface area contributed by atoms with Crippen LogP contribution in [-0.4, -0.2) is 34.7 Å². The van der Waals surface area contributed by atoms with Gasteiger partial charge >= 0.3 is 0 Å². The zero-order valence-electron chi connectivity index (χ0n) is 12.3. The maximum absolute atomic E-state index is 5.78. The molecule has 0 atom stereocenters. The molecule has 0 bridgehead atoms. The van der Waals surface area contributed by atoms with Crippen LogP contribution in [0.4, 0.5) is 0 Å². The van der Waals surface area contributed by atoms with E-state index in [-0.39, 0.29) is 5.41 Å². The molecule has 0 radical (unpaired) electrons. The van der Waals surface area contributed by atoms with E-state index in [0.29, 0.717) is 30.6 Å². The van der Waals surface area contributed by atoms with Crippen LogP contribution in [0.5, 0.6) is 0 Å². The summed E-state index contributed by atoms with van der Waals surface area (Å²) < 4.78 is 10.5. The molecule has 6 nitrogen and oxygen atoms in total. The SMILES string of the molecule is CCN(Cc1nc(-c2ccco2)no1)CC(C)(C)CN. The molecule has 2 rings (SSSR count). The van der Waals surface area contributed by atoms with Crippen molar-refractivity contribution in [2.75, 3.05) is 19.6 Å². The highest BCUT2D eigenvalue weighted by Crippen LogP contribution is 2.19. The highest BCUT2D eigenvalue weighted by molar-refractivity contribution is 5.44. The Morgan fingerprint density at radius 2 is 2.20 bits per heavy atom. The van der Waals surface area contributed by atoms with Crippen molar-refractivity contribution < 1.29 is 8.94 Å². The van der Waals surface area contributed by atoms with E-state index in [9.17, 15) is 0 Å². The summed E-state index contributed by atoms with van der Waals surface area (Å²) in [7, 11) is 0. The Balaban J connectivity index is 2.01. The molecular formula is C14H22N4O2. The normalized spacial score (nSPS) is 12.2. The molecule has 0 fully saturated rings. The fourth-order valence-electron chi connectivity index (χ4n) is 1.97. The molecule has 0 amide bonds. The Labute approximate surface area is 118 Å². The second kappa shape index (κ2) is 6.19. The topological polar surface area (TPSA) is 81.3 Å². The van der Waals surface area contributed by atoms with Crippen molar-refractivity contribution in [3.05, 3.63) is 24.3 Å². The summed E-state index contributed by atoms with van der Waals surface area (Å²) >= 11 is 0. The van der Waals surface area contributed by atoms with Crippen LogP contribution in [0.1, 0.15) is 26.7 Å². The minimum Gasteiger partial charge on any atom is -0.461 e. The maximum Gasteiger partial charge on any atom is 0.241 e. The largest absolute Gasteiger partial charge is 0.461 e. The Morgan fingerprint density at radius 3 is 2.80 bits per heavy atom. The molecule has 0 aliphatic heterocycles. The second-order valence-corrected chi connectivity index (χ2v) is 5.66. The quantitative estimate of drug-likeness (QED) is 0.835. The maximum atomic E-state index is 5.78. The number of nitrogens with zero attached hydrogens (tertiary/aromatic N) is 3. The van der Waals surface area contributed by atoms with Gasteiger partial charge in [0, 0.05) is 6.54 Å². The number of rotatable bonds is 7. The van der Waals surface area contributed by atoms with Gasteiger partial charge in [-0.05, 0) is 30.6 Å². The molecule has 2 aromatic heterocycles. The fourth-order valence-corrected chi connectivity index (χ4v) is 1.97. The predicted molar refractivity (Wildman–Crippen MR) is 75.8 cm³/mol. The van der Waals surface area contributed by atoms with E-state index in [0.717, 1.165) is 13.1 Å². The van der Waals surface area contributed by atoms with Crippen LogP contribution in [0, 0.1) is 5.41 Å². The summed E-state index contributed by atoms with van der Waals surface area (Å²) in [6.07, 6.45) is 1.59. The molecule has 0 spiro atoms. The van der Waals surface area contributed by atoms with Crippen molar-refractivity contribution in [2.24, 2.45) is 11.1 Å². The molecule has 2 heterocycles. The highest BCUT2D eigenvalue weighted by atomic mass is 16.5. The molecule has 0 unspecified atom stereocenters. The van der Waals surface area contributed by atoms with Crippen molar-refractivity contribution in [3.63, 3.8) is 0 Å². The third-order valence-electron chi connectivity index (χ3n) is 3.22.